The van der Waals surface area contributed by atoms with Crippen LogP contribution in [0.5, 0.6) is 5.75 Å². The molecule has 3 heterocycles. The van der Waals surface area contributed by atoms with Crippen LogP contribution in [0.2, 0.25) is 0 Å². The second kappa shape index (κ2) is 8.26. The van der Waals surface area contributed by atoms with Gasteiger partial charge in [-0.2, -0.15) is 10.4 Å². The van der Waals surface area contributed by atoms with E-state index in [0.29, 0.717) is 11.6 Å². The molecular formula is C20H21N7O2. The number of hydrogen-bond donors (Lipinski definition) is 2. The highest BCUT2D eigenvalue weighted by Crippen LogP contribution is 2.34. The van der Waals surface area contributed by atoms with E-state index in [1.54, 1.807) is 7.11 Å². The van der Waals surface area contributed by atoms with E-state index >= 15 is 0 Å². The minimum Gasteiger partial charge on any atom is -0.496 e. The van der Waals surface area contributed by atoms with E-state index in [-0.39, 0.29) is 11.8 Å². The summed E-state index contributed by atoms with van der Waals surface area (Å²) in [7, 11) is 3.75. The van der Waals surface area contributed by atoms with E-state index in [0.717, 1.165) is 42.3 Å². The van der Waals surface area contributed by atoms with Crippen LogP contribution in [-0.4, -0.2) is 58.9 Å². The third kappa shape index (κ3) is 4.18. The molecule has 0 saturated carbocycles. The van der Waals surface area contributed by atoms with E-state index in [4.69, 9.17) is 14.7 Å². The lowest BCUT2D eigenvalue weighted by atomic mass is 10.0. The summed E-state index contributed by atoms with van der Waals surface area (Å²) in [5.74, 6) is 1.83. The number of nitrogens with one attached hydrogen (secondary N) is 2. The Labute approximate surface area is 168 Å². The third-order valence-electron chi connectivity index (χ3n) is 4.76. The molecule has 0 aliphatic carbocycles. The maximum atomic E-state index is 8.80. The maximum absolute atomic E-state index is 8.80. The zero-order valence-electron chi connectivity index (χ0n) is 16.2. The van der Waals surface area contributed by atoms with Gasteiger partial charge in [-0.3, -0.25) is 5.10 Å². The van der Waals surface area contributed by atoms with Crippen LogP contribution in [0.15, 0.2) is 36.7 Å². The molecule has 1 atom stereocenters. The average Bonchev–Trinajstić information content (AvgIpc) is 3.22. The lowest BCUT2D eigenvalue weighted by Crippen LogP contribution is -2.35. The first-order valence-corrected chi connectivity index (χ1v) is 9.19. The zero-order valence-corrected chi connectivity index (χ0v) is 16.2. The minimum absolute atomic E-state index is 0.0330. The van der Waals surface area contributed by atoms with Crippen molar-refractivity contribution < 1.29 is 9.47 Å². The number of aromatic amines is 1. The summed E-state index contributed by atoms with van der Waals surface area (Å²) in [6, 6.07) is 9.88. The van der Waals surface area contributed by atoms with Crippen molar-refractivity contribution in [1.82, 2.24) is 25.1 Å². The van der Waals surface area contributed by atoms with Crippen molar-refractivity contribution in [1.29, 1.82) is 5.26 Å². The number of nitrogens with zero attached hydrogens (tertiary/aromatic N) is 5. The van der Waals surface area contributed by atoms with Gasteiger partial charge in [-0.25, -0.2) is 9.97 Å². The molecule has 1 saturated heterocycles. The molecule has 0 radical (unpaired) electrons. The topological polar surface area (TPSA) is 112 Å². The minimum atomic E-state index is 0.0330. The number of likely N-dealkylation sites (N-methyl/N-ethyl adjacent to an activating group) is 1. The number of aromatic nitrogens is 4. The molecule has 0 bridgehead atoms. The summed E-state index contributed by atoms with van der Waals surface area (Å²) in [6.07, 6.45) is 2.93. The Bertz CT molecular complexity index is 1030. The summed E-state index contributed by atoms with van der Waals surface area (Å²) in [6.45, 7) is 2.52. The van der Waals surface area contributed by atoms with Crippen LogP contribution < -0.4 is 10.1 Å². The van der Waals surface area contributed by atoms with Crippen LogP contribution in [0.4, 0.5) is 11.6 Å². The van der Waals surface area contributed by atoms with Crippen LogP contribution in [0.1, 0.15) is 17.4 Å². The van der Waals surface area contributed by atoms with Gasteiger partial charge in [-0.05, 0) is 24.7 Å². The number of anilines is 2. The van der Waals surface area contributed by atoms with Crippen LogP contribution in [0.25, 0.3) is 11.3 Å². The molecule has 9 nitrogen and oxygen atoms in total. The van der Waals surface area contributed by atoms with Crippen LogP contribution >= 0.6 is 0 Å². The van der Waals surface area contributed by atoms with Crippen molar-refractivity contribution in [3.05, 3.63) is 47.9 Å². The molecule has 0 spiro atoms. The number of hydrogen-bond acceptors (Lipinski definition) is 8. The highest BCUT2D eigenvalue weighted by molar-refractivity contribution is 5.71. The van der Waals surface area contributed by atoms with E-state index < -0.39 is 0 Å². The number of morpholine rings is 1. The lowest BCUT2D eigenvalue weighted by Gasteiger charge is -2.30. The first-order valence-electron chi connectivity index (χ1n) is 9.19. The van der Waals surface area contributed by atoms with Gasteiger partial charge in [0.05, 0.1) is 37.9 Å². The molecule has 3 aromatic rings. The fraction of sp³-hybridized carbons (Fsp3) is 0.300. The largest absolute Gasteiger partial charge is 0.496 e. The summed E-state index contributed by atoms with van der Waals surface area (Å²) < 4.78 is 11.5. The van der Waals surface area contributed by atoms with Gasteiger partial charge in [0, 0.05) is 24.7 Å². The first kappa shape index (κ1) is 18.9. The lowest BCUT2D eigenvalue weighted by molar-refractivity contribution is -0.0209. The molecule has 29 heavy (non-hydrogen) atoms. The Morgan fingerprint density at radius 1 is 1.28 bits per heavy atom. The van der Waals surface area contributed by atoms with Gasteiger partial charge in [0.1, 0.15) is 17.6 Å². The first-order chi connectivity index (χ1) is 14.2. The Kier molecular flexibility index (Phi) is 5.37. The molecule has 9 heteroatoms. The van der Waals surface area contributed by atoms with Crippen molar-refractivity contribution >= 4 is 11.6 Å². The quantitative estimate of drug-likeness (QED) is 0.682. The highest BCUT2D eigenvalue weighted by Gasteiger charge is 2.21. The standard InChI is InChI=1S/C20H21N7O2/c1-27-5-6-29-18(12-27)13-3-4-15(17(7-13)28-2)16-8-19(26-25-16)24-20-11-22-14(9-21)10-23-20/h3-4,7-8,10-11,18H,5-6,12H2,1-2H3,(H2,23,24,25,26). The fourth-order valence-corrected chi connectivity index (χ4v) is 3.22. The van der Waals surface area contributed by atoms with Crippen molar-refractivity contribution in [2.45, 2.75) is 6.10 Å². The number of rotatable bonds is 5. The second-order valence-corrected chi connectivity index (χ2v) is 6.77. The van der Waals surface area contributed by atoms with Gasteiger partial charge in [0.2, 0.25) is 0 Å². The predicted molar refractivity (Wildman–Crippen MR) is 107 cm³/mol. The van der Waals surface area contributed by atoms with Gasteiger partial charge in [0.15, 0.2) is 11.5 Å². The Morgan fingerprint density at radius 2 is 2.17 bits per heavy atom. The normalized spacial score (nSPS) is 16.9. The van der Waals surface area contributed by atoms with Crippen LogP contribution in [-0.2, 0) is 4.74 Å². The molecule has 1 aliphatic heterocycles. The van der Waals surface area contributed by atoms with E-state index in [2.05, 4.69) is 43.5 Å². The van der Waals surface area contributed by atoms with E-state index in [1.165, 1.54) is 12.4 Å². The molecule has 1 unspecified atom stereocenters. The molecule has 1 fully saturated rings. The van der Waals surface area contributed by atoms with Gasteiger partial charge in [-0.1, -0.05) is 6.07 Å². The van der Waals surface area contributed by atoms with E-state index in [9.17, 15) is 0 Å². The number of H-pyrrole nitrogens is 1. The Balaban J connectivity index is 1.54. The summed E-state index contributed by atoms with van der Waals surface area (Å²) in [5, 5.41) is 19.1. The number of ether oxygens (including phenoxy) is 2. The van der Waals surface area contributed by atoms with Crippen LogP contribution in [0.3, 0.4) is 0 Å². The molecule has 1 aliphatic rings. The Morgan fingerprint density at radius 3 is 2.90 bits per heavy atom. The van der Waals surface area contributed by atoms with Crippen molar-refractivity contribution in [2.75, 3.05) is 39.2 Å². The molecule has 1 aromatic carbocycles. The summed E-state index contributed by atoms with van der Waals surface area (Å²) in [4.78, 5) is 10.4. The molecule has 148 valence electrons. The number of nitriles is 1. The van der Waals surface area contributed by atoms with Gasteiger partial charge in [0.25, 0.3) is 0 Å². The van der Waals surface area contributed by atoms with Gasteiger partial charge in [-0.15, -0.1) is 0 Å². The second-order valence-electron chi connectivity index (χ2n) is 6.77. The Hall–Kier alpha value is -3.48. The monoisotopic (exact) mass is 391 g/mol. The number of methoxy groups -OCH3 is 1. The number of benzene rings is 1. The summed E-state index contributed by atoms with van der Waals surface area (Å²) in [5.41, 5.74) is 3.05. The molecule has 0 amide bonds. The van der Waals surface area contributed by atoms with Gasteiger partial charge < -0.3 is 19.7 Å². The average molecular weight is 391 g/mol. The molecule has 2 aromatic heterocycles. The summed E-state index contributed by atoms with van der Waals surface area (Å²) >= 11 is 0. The smallest absolute Gasteiger partial charge is 0.158 e. The van der Waals surface area contributed by atoms with Crippen molar-refractivity contribution in [3.63, 3.8) is 0 Å². The predicted octanol–water partition coefficient (Wildman–Crippen LogP) is 2.49. The van der Waals surface area contributed by atoms with Crippen molar-refractivity contribution in [2.24, 2.45) is 0 Å². The molecule has 4 rings (SSSR count). The van der Waals surface area contributed by atoms with E-state index in [1.807, 2.05) is 24.3 Å². The van der Waals surface area contributed by atoms with Gasteiger partial charge >= 0.3 is 0 Å². The van der Waals surface area contributed by atoms with Crippen LogP contribution in [0, 0.1) is 11.3 Å². The zero-order chi connectivity index (χ0) is 20.2. The molecule has 2 N–H and O–H groups in total. The van der Waals surface area contributed by atoms with Crippen molar-refractivity contribution in [3.8, 4) is 23.1 Å². The molecular weight excluding hydrogens is 370 g/mol. The fourth-order valence-electron chi connectivity index (χ4n) is 3.22. The third-order valence-corrected chi connectivity index (χ3v) is 4.76. The SMILES string of the molecule is COc1cc(C2CN(C)CCO2)ccc1-c1cc(Nc2cnc(C#N)cn2)n[nH]1. The maximum Gasteiger partial charge on any atom is 0.158 e. The highest BCUT2D eigenvalue weighted by atomic mass is 16.5.